The summed E-state index contributed by atoms with van der Waals surface area (Å²) < 4.78 is 7.08. The number of benzene rings is 6. The molecule has 0 unspecified atom stereocenters. The lowest BCUT2D eigenvalue weighted by Gasteiger charge is -2.22. The monoisotopic (exact) mass is 633 g/mol. The highest BCUT2D eigenvalue weighted by molar-refractivity contribution is 7.72. The number of hydrogen-bond acceptors (Lipinski definition) is 2. The van der Waals surface area contributed by atoms with Crippen LogP contribution >= 0.6 is 8.07 Å². The topological polar surface area (TPSA) is 40.0 Å². The van der Waals surface area contributed by atoms with Crippen LogP contribution in [0.4, 0.5) is 0 Å². The fraction of sp³-hybridized carbons (Fsp3) is 0. The van der Waals surface area contributed by atoms with Crippen LogP contribution in [-0.4, -0.2) is 23.3 Å². The number of pyridine rings is 1. The summed E-state index contributed by atoms with van der Waals surface area (Å²) in [5.74, 6) is 1.68. The van der Waals surface area contributed by atoms with Gasteiger partial charge in [-0.3, -0.25) is 8.97 Å². The van der Waals surface area contributed by atoms with Crippen molar-refractivity contribution in [3.63, 3.8) is 0 Å². The standard InChI is InChI=1S/C42H28N5P/c1-4-15-29(16-5-1)34-22-14-26-39(43-34)46-37-25-13-12-24-36(37)45-38-28-27-33-32-21-10-11-23-35(32)47(41(33)40(38)44-42(45)46)48(30-17-6-2-7-18-30)31-19-8-3-9-20-31/h1-28H. The molecule has 10 aromatic rings. The van der Waals surface area contributed by atoms with E-state index in [9.17, 15) is 0 Å². The lowest BCUT2D eigenvalue weighted by molar-refractivity contribution is 1.04. The Kier molecular flexibility index (Phi) is 6.08. The number of nitrogens with zero attached hydrogens (tertiary/aromatic N) is 5. The Morgan fingerprint density at radius 2 is 1.06 bits per heavy atom. The number of imidazole rings is 2. The Balaban J connectivity index is 1.33. The summed E-state index contributed by atoms with van der Waals surface area (Å²) in [6.45, 7) is 0. The molecule has 0 spiro atoms. The molecule has 6 heteroatoms. The zero-order valence-electron chi connectivity index (χ0n) is 25.8. The molecule has 226 valence electrons. The number of hydrogen-bond donors (Lipinski definition) is 0. The second-order valence-electron chi connectivity index (χ2n) is 12.0. The third kappa shape index (κ3) is 4.01. The summed E-state index contributed by atoms with van der Waals surface area (Å²) in [6, 6.07) is 60.2. The highest BCUT2D eigenvalue weighted by Crippen LogP contribution is 2.46. The van der Waals surface area contributed by atoms with Crippen LogP contribution in [0, 0.1) is 0 Å². The normalized spacial score (nSPS) is 11.9. The van der Waals surface area contributed by atoms with Crippen molar-refractivity contribution >= 4 is 68.3 Å². The van der Waals surface area contributed by atoms with E-state index in [0.29, 0.717) is 0 Å². The minimum atomic E-state index is -0.965. The molecule has 0 saturated heterocycles. The van der Waals surface area contributed by atoms with E-state index in [0.717, 1.165) is 50.4 Å². The van der Waals surface area contributed by atoms with Crippen LogP contribution in [0.3, 0.4) is 0 Å². The van der Waals surface area contributed by atoms with E-state index in [1.807, 2.05) is 6.07 Å². The molecule has 0 saturated carbocycles. The van der Waals surface area contributed by atoms with Gasteiger partial charge in [-0.15, -0.1) is 0 Å². The Hall–Kier alpha value is -6.03. The van der Waals surface area contributed by atoms with Crippen LogP contribution in [0.2, 0.25) is 0 Å². The van der Waals surface area contributed by atoms with Crippen molar-refractivity contribution in [3.8, 4) is 17.1 Å². The number of aromatic nitrogens is 5. The molecule has 6 aromatic carbocycles. The van der Waals surface area contributed by atoms with Gasteiger partial charge in [-0.2, -0.15) is 0 Å². The van der Waals surface area contributed by atoms with Gasteiger partial charge in [0.2, 0.25) is 5.78 Å². The lowest BCUT2D eigenvalue weighted by atomic mass is 10.1. The molecule has 0 N–H and O–H groups in total. The third-order valence-corrected chi connectivity index (χ3v) is 11.6. The van der Waals surface area contributed by atoms with Crippen molar-refractivity contribution in [2.24, 2.45) is 0 Å². The first-order valence-corrected chi connectivity index (χ1v) is 17.4. The average molecular weight is 634 g/mol. The van der Waals surface area contributed by atoms with Crippen LogP contribution in [0.25, 0.3) is 66.7 Å². The van der Waals surface area contributed by atoms with Gasteiger partial charge in [-0.05, 0) is 42.5 Å². The molecule has 0 amide bonds. The van der Waals surface area contributed by atoms with Gasteiger partial charge in [-0.1, -0.05) is 127 Å². The van der Waals surface area contributed by atoms with Crippen LogP contribution in [0.15, 0.2) is 170 Å². The van der Waals surface area contributed by atoms with E-state index in [-0.39, 0.29) is 0 Å². The van der Waals surface area contributed by atoms with Crippen LogP contribution in [0.5, 0.6) is 0 Å². The molecule has 0 atom stereocenters. The van der Waals surface area contributed by atoms with Crippen molar-refractivity contribution in [2.75, 3.05) is 0 Å². The summed E-state index contributed by atoms with van der Waals surface area (Å²) in [7, 11) is -0.965. The highest BCUT2D eigenvalue weighted by Gasteiger charge is 2.26. The fourth-order valence-electron chi connectivity index (χ4n) is 7.16. The second kappa shape index (κ2) is 10.8. The maximum absolute atomic E-state index is 5.56. The molecule has 0 radical (unpaired) electrons. The zero-order valence-corrected chi connectivity index (χ0v) is 26.7. The quantitative estimate of drug-likeness (QED) is 0.177. The van der Waals surface area contributed by atoms with Crippen molar-refractivity contribution < 1.29 is 0 Å². The molecular weight excluding hydrogens is 605 g/mol. The molecule has 5 nitrogen and oxygen atoms in total. The van der Waals surface area contributed by atoms with Gasteiger partial charge in [-0.25, -0.2) is 9.97 Å². The van der Waals surface area contributed by atoms with E-state index >= 15 is 0 Å². The maximum Gasteiger partial charge on any atom is 0.221 e. The molecule has 0 aliphatic carbocycles. The SMILES string of the molecule is c1ccc(-c2cccc(-n3c4ccccc4n4c5ccc6c7ccccc7n(P(c7ccccc7)c7ccccc7)c6c5nc34)n2)cc1. The van der Waals surface area contributed by atoms with Crippen molar-refractivity contribution in [1.82, 2.24) is 23.3 Å². The van der Waals surface area contributed by atoms with Gasteiger partial charge in [0, 0.05) is 26.9 Å². The molecule has 0 bridgehead atoms. The Morgan fingerprint density at radius 1 is 0.438 bits per heavy atom. The first-order valence-electron chi connectivity index (χ1n) is 16.1. The average Bonchev–Trinajstić information content (AvgIpc) is 3.80. The molecule has 0 aliphatic heterocycles. The Morgan fingerprint density at radius 3 is 1.79 bits per heavy atom. The van der Waals surface area contributed by atoms with E-state index in [1.165, 1.54) is 26.9 Å². The summed E-state index contributed by atoms with van der Waals surface area (Å²) in [6.07, 6.45) is 0. The van der Waals surface area contributed by atoms with E-state index in [4.69, 9.17) is 9.97 Å². The predicted molar refractivity (Wildman–Crippen MR) is 200 cm³/mol. The number of fused-ring (bicyclic) bond motifs is 9. The van der Waals surface area contributed by atoms with Crippen LogP contribution < -0.4 is 10.6 Å². The van der Waals surface area contributed by atoms with Gasteiger partial charge < -0.3 is 4.34 Å². The molecule has 4 aromatic heterocycles. The van der Waals surface area contributed by atoms with Gasteiger partial charge in [0.15, 0.2) is 0 Å². The summed E-state index contributed by atoms with van der Waals surface area (Å²) >= 11 is 0. The molecule has 10 rings (SSSR count). The smallest absolute Gasteiger partial charge is 0.221 e. The third-order valence-electron chi connectivity index (χ3n) is 9.21. The van der Waals surface area contributed by atoms with Crippen molar-refractivity contribution in [3.05, 3.63) is 170 Å². The van der Waals surface area contributed by atoms with Gasteiger partial charge >= 0.3 is 0 Å². The highest BCUT2D eigenvalue weighted by atomic mass is 31.1. The Labute approximate surface area is 277 Å². The zero-order chi connectivity index (χ0) is 31.6. The molecule has 48 heavy (non-hydrogen) atoms. The number of rotatable bonds is 5. The lowest BCUT2D eigenvalue weighted by Crippen LogP contribution is -2.16. The van der Waals surface area contributed by atoms with Crippen molar-refractivity contribution in [2.45, 2.75) is 0 Å². The minimum absolute atomic E-state index is 0.838. The molecule has 4 heterocycles. The fourth-order valence-corrected chi connectivity index (χ4v) is 9.62. The predicted octanol–water partition coefficient (Wildman–Crippen LogP) is 9.50. The van der Waals surface area contributed by atoms with Crippen molar-refractivity contribution in [1.29, 1.82) is 0 Å². The van der Waals surface area contributed by atoms with Gasteiger partial charge in [0.1, 0.15) is 11.3 Å². The van der Waals surface area contributed by atoms with Gasteiger partial charge in [0.05, 0.1) is 41.3 Å². The number of para-hydroxylation sites is 3. The van der Waals surface area contributed by atoms with Crippen LogP contribution in [-0.2, 0) is 0 Å². The van der Waals surface area contributed by atoms with Crippen LogP contribution in [0.1, 0.15) is 0 Å². The summed E-state index contributed by atoms with van der Waals surface area (Å²) in [5.41, 5.74) is 8.59. The van der Waals surface area contributed by atoms with E-state index in [1.54, 1.807) is 0 Å². The first-order chi connectivity index (χ1) is 23.8. The molecule has 0 fully saturated rings. The van der Waals surface area contributed by atoms with Gasteiger partial charge in [0.25, 0.3) is 0 Å². The largest absolute Gasteiger partial charge is 0.308 e. The first kappa shape index (κ1) is 27.1. The minimum Gasteiger partial charge on any atom is -0.308 e. The molecular formula is C42H28N5P. The second-order valence-corrected chi connectivity index (χ2v) is 14.0. The van der Waals surface area contributed by atoms with E-state index in [2.05, 4.69) is 177 Å². The maximum atomic E-state index is 5.56. The summed E-state index contributed by atoms with van der Waals surface area (Å²) in [5, 5.41) is 5.02. The van der Waals surface area contributed by atoms with E-state index < -0.39 is 8.07 Å². The Bertz CT molecular complexity index is 2740. The summed E-state index contributed by atoms with van der Waals surface area (Å²) in [4.78, 5) is 10.7. The molecule has 0 aliphatic rings.